The van der Waals surface area contributed by atoms with Gasteiger partial charge in [-0.05, 0) is 13.3 Å². The summed E-state index contributed by atoms with van der Waals surface area (Å²) in [6.45, 7) is 2.76. The van der Waals surface area contributed by atoms with Gasteiger partial charge in [-0.15, -0.1) is 0 Å². The first-order valence-electron chi connectivity index (χ1n) is 5.98. The van der Waals surface area contributed by atoms with Crippen molar-refractivity contribution in [3.05, 3.63) is 0 Å². The highest BCUT2D eigenvalue weighted by Gasteiger charge is 2.37. The summed E-state index contributed by atoms with van der Waals surface area (Å²) >= 11 is 0. The van der Waals surface area contributed by atoms with Crippen LogP contribution in [0.4, 0.5) is 0 Å². The summed E-state index contributed by atoms with van der Waals surface area (Å²) in [7, 11) is 0. The quantitative estimate of drug-likeness (QED) is 0.617. The molecule has 2 heterocycles. The lowest BCUT2D eigenvalue weighted by atomic mass is 10.2. The molecule has 2 atom stereocenters. The second kappa shape index (κ2) is 4.83. The van der Waals surface area contributed by atoms with E-state index in [1.165, 1.54) is 4.90 Å². The van der Waals surface area contributed by atoms with Gasteiger partial charge in [-0.3, -0.25) is 19.3 Å². The van der Waals surface area contributed by atoms with E-state index >= 15 is 0 Å². The molecule has 0 bridgehead atoms. The third-order valence-electron chi connectivity index (χ3n) is 3.26. The van der Waals surface area contributed by atoms with Crippen LogP contribution >= 0.6 is 0 Å². The van der Waals surface area contributed by atoms with Crippen molar-refractivity contribution >= 4 is 17.7 Å². The van der Waals surface area contributed by atoms with Crippen molar-refractivity contribution in [2.24, 2.45) is 0 Å². The highest BCUT2D eigenvalue weighted by molar-refractivity contribution is 6.05. The number of hydrogen-bond acceptors (Lipinski definition) is 4. The predicted molar refractivity (Wildman–Crippen MR) is 60.0 cm³/mol. The average molecular weight is 239 g/mol. The Labute approximate surface area is 99.7 Å². The van der Waals surface area contributed by atoms with Gasteiger partial charge in [0, 0.05) is 25.6 Å². The molecule has 94 valence electrons. The Morgan fingerprint density at radius 2 is 2.18 bits per heavy atom. The number of nitrogens with one attached hydrogen (secondary N) is 2. The summed E-state index contributed by atoms with van der Waals surface area (Å²) in [6.07, 6.45) is 1.57. The van der Waals surface area contributed by atoms with Crippen LogP contribution < -0.4 is 10.6 Å². The minimum Gasteiger partial charge on any atom is -0.352 e. The fraction of sp³-hybridized carbons (Fsp3) is 0.727. The number of hydrogen-bond donors (Lipinski definition) is 2. The van der Waals surface area contributed by atoms with Crippen molar-refractivity contribution in [1.29, 1.82) is 0 Å². The third kappa shape index (κ3) is 2.46. The number of carbonyl (C=O) groups is 3. The van der Waals surface area contributed by atoms with Crippen molar-refractivity contribution in [2.45, 2.75) is 38.3 Å². The molecule has 2 rings (SSSR count). The molecule has 0 radical (unpaired) electrons. The minimum absolute atomic E-state index is 0.0563. The number of likely N-dealkylation sites (tertiary alicyclic amines) is 1. The van der Waals surface area contributed by atoms with E-state index in [0.29, 0.717) is 19.5 Å². The van der Waals surface area contributed by atoms with Crippen molar-refractivity contribution in [2.75, 3.05) is 13.1 Å². The average Bonchev–Trinajstić information content (AvgIpc) is 2.81. The molecule has 0 saturated carbocycles. The van der Waals surface area contributed by atoms with Crippen molar-refractivity contribution in [1.82, 2.24) is 15.5 Å². The van der Waals surface area contributed by atoms with Gasteiger partial charge in [0.05, 0.1) is 12.5 Å². The Morgan fingerprint density at radius 1 is 1.41 bits per heavy atom. The normalized spacial score (nSPS) is 29.0. The minimum atomic E-state index is -0.417. The number of carbonyl (C=O) groups excluding carboxylic acids is 3. The lowest BCUT2D eigenvalue weighted by Gasteiger charge is -2.15. The summed E-state index contributed by atoms with van der Waals surface area (Å²) in [5.41, 5.74) is 0. The highest BCUT2D eigenvalue weighted by atomic mass is 16.2. The Kier molecular flexibility index (Phi) is 3.42. The van der Waals surface area contributed by atoms with Crippen molar-refractivity contribution in [3.63, 3.8) is 0 Å². The van der Waals surface area contributed by atoms with Gasteiger partial charge in [-0.2, -0.15) is 0 Å². The highest BCUT2D eigenvalue weighted by Crippen LogP contribution is 2.13. The molecule has 2 unspecified atom stereocenters. The van der Waals surface area contributed by atoms with E-state index in [1.54, 1.807) is 6.92 Å². The van der Waals surface area contributed by atoms with Crippen LogP contribution in [0.15, 0.2) is 0 Å². The third-order valence-corrected chi connectivity index (χ3v) is 3.26. The molecule has 0 aromatic rings. The van der Waals surface area contributed by atoms with Gasteiger partial charge in [0.25, 0.3) is 0 Å². The molecule has 6 nitrogen and oxygen atoms in total. The zero-order valence-electron chi connectivity index (χ0n) is 9.86. The molecule has 6 heteroatoms. The molecule has 0 aliphatic carbocycles. The van der Waals surface area contributed by atoms with Crippen LogP contribution in [0.5, 0.6) is 0 Å². The number of amides is 3. The Morgan fingerprint density at radius 3 is 2.71 bits per heavy atom. The maximum atomic E-state index is 11.8. The fourth-order valence-corrected chi connectivity index (χ4v) is 2.29. The molecule has 3 amide bonds. The summed E-state index contributed by atoms with van der Waals surface area (Å²) < 4.78 is 0. The van der Waals surface area contributed by atoms with E-state index in [2.05, 4.69) is 10.6 Å². The number of nitrogens with zero attached hydrogens (tertiary/aromatic N) is 1. The zero-order valence-corrected chi connectivity index (χ0v) is 9.86. The lowest BCUT2D eigenvalue weighted by molar-refractivity contribution is -0.138. The summed E-state index contributed by atoms with van der Waals surface area (Å²) in [6, 6.07) is -0.332. The SMILES string of the molecule is CCN1C(=O)CC(NCC2CCC(=O)N2)C1=O. The van der Waals surface area contributed by atoms with Crippen LogP contribution in [-0.2, 0) is 14.4 Å². The number of imide groups is 1. The molecule has 2 saturated heterocycles. The zero-order chi connectivity index (χ0) is 12.4. The van der Waals surface area contributed by atoms with E-state index in [-0.39, 0.29) is 30.2 Å². The topological polar surface area (TPSA) is 78.5 Å². The van der Waals surface area contributed by atoms with Gasteiger partial charge in [0.15, 0.2) is 0 Å². The summed E-state index contributed by atoms with van der Waals surface area (Å²) in [5, 5.41) is 5.88. The summed E-state index contributed by atoms with van der Waals surface area (Å²) in [5.74, 6) is -0.215. The fourth-order valence-electron chi connectivity index (χ4n) is 2.29. The van der Waals surface area contributed by atoms with E-state index < -0.39 is 6.04 Å². The van der Waals surface area contributed by atoms with E-state index in [1.807, 2.05) is 0 Å². The number of rotatable bonds is 4. The molecule has 0 spiro atoms. The van der Waals surface area contributed by atoms with Crippen LogP contribution in [-0.4, -0.2) is 47.8 Å². The van der Waals surface area contributed by atoms with Crippen LogP contribution in [0.1, 0.15) is 26.2 Å². The summed E-state index contributed by atoms with van der Waals surface area (Å²) in [4.78, 5) is 35.5. The van der Waals surface area contributed by atoms with Gasteiger partial charge in [0.1, 0.15) is 0 Å². The van der Waals surface area contributed by atoms with Gasteiger partial charge in [0.2, 0.25) is 17.7 Å². The van der Waals surface area contributed by atoms with Gasteiger partial charge >= 0.3 is 0 Å². The first-order chi connectivity index (χ1) is 8.11. The Bertz CT molecular complexity index is 356. The van der Waals surface area contributed by atoms with Crippen LogP contribution in [0.25, 0.3) is 0 Å². The molecule has 2 N–H and O–H groups in total. The largest absolute Gasteiger partial charge is 0.352 e. The van der Waals surface area contributed by atoms with E-state index in [0.717, 1.165) is 6.42 Å². The smallest absolute Gasteiger partial charge is 0.246 e. The van der Waals surface area contributed by atoms with Crippen LogP contribution in [0.3, 0.4) is 0 Å². The molecule has 2 fully saturated rings. The predicted octanol–water partition coefficient (Wildman–Crippen LogP) is -0.998. The van der Waals surface area contributed by atoms with Gasteiger partial charge < -0.3 is 10.6 Å². The standard InChI is InChI=1S/C11H17N3O3/c1-2-14-10(16)5-8(11(14)17)12-6-7-3-4-9(15)13-7/h7-8,12H,2-6H2,1H3,(H,13,15). The van der Waals surface area contributed by atoms with E-state index in [9.17, 15) is 14.4 Å². The van der Waals surface area contributed by atoms with Gasteiger partial charge in [-0.1, -0.05) is 0 Å². The Hall–Kier alpha value is -1.43. The maximum absolute atomic E-state index is 11.8. The monoisotopic (exact) mass is 239 g/mol. The molecule has 2 aliphatic heterocycles. The maximum Gasteiger partial charge on any atom is 0.246 e. The lowest BCUT2D eigenvalue weighted by Crippen LogP contribution is -2.44. The Balaban J connectivity index is 1.82. The first kappa shape index (κ1) is 12.0. The molecule has 0 aromatic carbocycles. The van der Waals surface area contributed by atoms with E-state index in [4.69, 9.17) is 0 Å². The second-order valence-electron chi connectivity index (χ2n) is 4.44. The first-order valence-corrected chi connectivity index (χ1v) is 5.98. The molecular formula is C11H17N3O3. The molecule has 2 aliphatic rings. The van der Waals surface area contributed by atoms with Gasteiger partial charge in [-0.25, -0.2) is 0 Å². The number of likely N-dealkylation sites (N-methyl/N-ethyl adjacent to an activating group) is 1. The van der Waals surface area contributed by atoms with Crippen molar-refractivity contribution < 1.29 is 14.4 Å². The molecular weight excluding hydrogens is 222 g/mol. The van der Waals surface area contributed by atoms with Crippen molar-refractivity contribution in [3.8, 4) is 0 Å². The van der Waals surface area contributed by atoms with Crippen LogP contribution in [0, 0.1) is 0 Å². The van der Waals surface area contributed by atoms with Crippen LogP contribution in [0.2, 0.25) is 0 Å². The second-order valence-corrected chi connectivity index (χ2v) is 4.44. The molecule has 17 heavy (non-hydrogen) atoms. The molecule has 0 aromatic heterocycles.